The predicted octanol–water partition coefficient (Wildman–Crippen LogP) is -0.724. The first-order valence-corrected chi connectivity index (χ1v) is 7.32. The molecular formula is C14H24N6O. The third kappa shape index (κ3) is 4.95. The third-order valence-electron chi connectivity index (χ3n) is 3.48. The molecule has 1 amide bonds. The summed E-state index contributed by atoms with van der Waals surface area (Å²) < 4.78 is 0. The van der Waals surface area contributed by atoms with Gasteiger partial charge in [0.05, 0.1) is 6.54 Å². The number of likely N-dealkylation sites (N-methyl/N-ethyl adjacent to an activating group) is 1. The molecule has 1 N–H and O–H groups in total. The maximum absolute atomic E-state index is 12.1. The highest BCUT2D eigenvalue weighted by Crippen LogP contribution is 2.09. The van der Waals surface area contributed by atoms with Crippen LogP contribution >= 0.6 is 0 Å². The van der Waals surface area contributed by atoms with Crippen molar-refractivity contribution in [2.24, 2.45) is 0 Å². The Bertz CT molecular complexity index is 430. The standard InChI is InChI=1S/C14H24N6O/c1-18(2)7-6-15-12-13(21)19-8-10-20(11-9-19)14-16-4-3-5-17-14/h3-5,15H,6-12H2,1-2H3. The number of nitrogens with zero attached hydrogens (tertiary/aromatic N) is 5. The maximum Gasteiger partial charge on any atom is 0.236 e. The monoisotopic (exact) mass is 292 g/mol. The van der Waals surface area contributed by atoms with Crippen LogP contribution in [0.15, 0.2) is 18.5 Å². The largest absolute Gasteiger partial charge is 0.338 e. The Morgan fingerprint density at radius 3 is 2.52 bits per heavy atom. The molecule has 1 fully saturated rings. The van der Waals surface area contributed by atoms with Gasteiger partial charge >= 0.3 is 0 Å². The van der Waals surface area contributed by atoms with Gasteiger partial charge in [0.15, 0.2) is 0 Å². The second-order valence-corrected chi connectivity index (χ2v) is 5.40. The Labute approximate surface area is 126 Å². The molecule has 7 heteroatoms. The topological polar surface area (TPSA) is 64.6 Å². The Balaban J connectivity index is 1.70. The zero-order valence-corrected chi connectivity index (χ0v) is 12.8. The zero-order valence-electron chi connectivity index (χ0n) is 12.8. The number of amides is 1. The quantitative estimate of drug-likeness (QED) is 0.698. The van der Waals surface area contributed by atoms with Gasteiger partial charge in [-0.05, 0) is 20.2 Å². The summed E-state index contributed by atoms with van der Waals surface area (Å²) in [5.41, 5.74) is 0. The summed E-state index contributed by atoms with van der Waals surface area (Å²) in [6.45, 7) is 5.21. The highest BCUT2D eigenvalue weighted by Gasteiger charge is 2.21. The number of piperazine rings is 1. The first-order chi connectivity index (χ1) is 10.2. The molecular weight excluding hydrogens is 268 g/mol. The van der Waals surface area contributed by atoms with Gasteiger partial charge < -0.3 is 20.0 Å². The highest BCUT2D eigenvalue weighted by molar-refractivity contribution is 5.78. The highest BCUT2D eigenvalue weighted by atomic mass is 16.2. The van der Waals surface area contributed by atoms with E-state index in [0.717, 1.165) is 45.2 Å². The molecule has 1 saturated heterocycles. The molecule has 2 heterocycles. The van der Waals surface area contributed by atoms with Crippen LogP contribution in [0, 0.1) is 0 Å². The van der Waals surface area contributed by atoms with Crippen molar-refractivity contribution < 1.29 is 4.79 Å². The van der Waals surface area contributed by atoms with Gasteiger partial charge in [-0.2, -0.15) is 0 Å². The van der Waals surface area contributed by atoms with Crippen molar-refractivity contribution in [3.05, 3.63) is 18.5 Å². The SMILES string of the molecule is CN(C)CCNCC(=O)N1CCN(c2ncccn2)CC1. The maximum atomic E-state index is 12.1. The van der Waals surface area contributed by atoms with Crippen molar-refractivity contribution in [2.45, 2.75) is 0 Å². The fourth-order valence-corrected chi connectivity index (χ4v) is 2.22. The van der Waals surface area contributed by atoms with Crippen LogP contribution in [0.4, 0.5) is 5.95 Å². The van der Waals surface area contributed by atoms with E-state index in [2.05, 4.69) is 25.1 Å². The summed E-state index contributed by atoms with van der Waals surface area (Å²) in [4.78, 5) is 26.7. The molecule has 1 aromatic rings. The zero-order chi connectivity index (χ0) is 15.1. The van der Waals surface area contributed by atoms with Gasteiger partial charge in [-0.15, -0.1) is 0 Å². The Morgan fingerprint density at radius 1 is 1.24 bits per heavy atom. The molecule has 2 rings (SSSR count). The van der Waals surface area contributed by atoms with Crippen molar-refractivity contribution in [1.29, 1.82) is 0 Å². The van der Waals surface area contributed by atoms with Crippen LogP contribution in [0.1, 0.15) is 0 Å². The number of hydrogen-bond donors (Lipinski definition) is 1. The average Bonchev–Trinajstić information content (AvgIpc) is 2.52. The summed E-state index contributed by atoms with van der Waals surface area (Å²) in [5.74, 6) is 0.913. The van der Waals surface area contributed by atoms with Crippen LogP contribution in [0.2, 0.25) is 0 Å². The number of hydrogen-bond acceptors (Lipinski definition) is 6. The van der Waals surface area contributed by atoms with Crippen molar-refractivity contribution in [1.82, 2.24) is 25.1 Å². The molecule has 0 bridgehead atoms. The van der Waals surface area contributed by atoms with Crippen LogP contribution in [-0.4, -0.2) is 85.6 Å². The summed E-state index contributed by atoms with van der Waals surface area (Å²) in [6, 6.07) is 1.81. The summed E-state index contributed by atoms with van der Waals surface area (Å²) in [6.07, 6.45) is 3.49. The number of nitrogens with one attached hydrogen (secondary N) is 1. The molecule has 0 aromatic carbocycles. The minimum absolute atomic E-state index is 0.169. The fraction of sp³-hybridized carbons (Fsp3) is 0.643. The lowest BCUT2D eigenvalue weighted by Crippen LogP contribution is -2.51. The molecule has 21 heavy (non-hydrogen) atoms. The summed E-state index contributed by atoms with van der Waals surface area (Å²) >= 11 is 0. The molecule has 0 unspecified atom stereocenters. The molecule has 116 valence electrons. The lowest BCUT2D eigenvalue weighted by molar-refractivity contribution is -0.130. The molecule has 0 spiro atoms. The van der Waals surface area contributed by atoms with E-state index in [0.29, 0.717) is 6.54 Å². The molecule has 0 aliphatic carbocycles. The minimum Gasteiger partial charge on any atom is -0.338 e. The number of carbonyl (C=O) groups excluding carboxylic acids is 1. The Kier molecular flexibility index (Phi) is 5.89. The normalized spacial score (nSPS) is 15.6. The van der Waals surface area contributed by atoms with E-state index in [1.54, 1.807) is 12.4 Å². The van der Waals surface area contributed by atoms with E-state index in [4.69, 9.17) is 0 Å². The van der Waals surface area contributed by atoms with Crippen LogP contribution in [0.5, 0.6) is 0 Å². The summed E-state index contributed by atoms with van der Waals surface area (Å²) in [5, 5.41) is 3.19. The molecule has 1 aromatic heterocycles. The van der Waals surface area contributed by atoms with Crippen LogP contribution < -0.4 is 10.2 Å². The molecule has 1 aliphatic heterocycles. The molecule has 7 nitrogen and oxygen atoms in total. The van der Waals surface area contributed by atoms with Gasteiger partial charge in [0.2, 0.25) is 11.9 Å². The van der Waals surface area contributed by atoms with Crippen molar-refractivity contribution in [2.75, 3.05) is 64.8 Å². The van der Waals surface area contributed by atoms with Gasteiger partial charge in [0.1, 0.15) is 0 Å². The molecule has 1 aliphatic rings. The van der Waals surface area contributed by atoms with E-state index in [1.165, 1.54) is 0 Å². The predicted molar refractivity (Wildman–Crippen MR) is 82.2 cm³/mol. The van der Waals surface area contributed by atoms with Crippen molar-refractivity contribution in [3.63, 3.8) is 0 Å². The smallest absolute Gasteiger partial charge is 0.236 e. The summed E-state index contributed by atoms with van der Waals surface area (Å²) in [7, 11) is 4.04. The van der Waals surface area contributed by atoms with Crippen LogP contribution in [-0.2, 0) is 4.79 Å². The Morgan fingerprint density at radius 2 is 1.90 bits per heavy atom. The molecule has 0 radical (unpaired) electrons. The van der Waals surface area contributed by atoms with Crippen molar-refractivity contribution >= 4 is 11.9 Å². The lowest BCUT2D eigenvalue weighted by atomic mass is 10.3. The first kappa shape index (κ1) is 15.7. The number of aromatic nitrogens is 2. The molecule has 0 atom stereocenters. The number of anilines is 1. The van der Waals surface area contributed by atoms with Gasteiger partial charge in [-0.25, -0.2) is 9.97 Å². The van der Waals surface area contributed by atoms with Crippen molar-refractivity contribution in [3.8, 4) is 0 Å². The molecule has 0 saturated carbocycles. The lowest BCUT2D eigenvalue weighted by Gasteiger charge is -2.34. The van der Waals surface area contributed by atoms with E-state index >= 15 is 0 Å². The van der Waals surface area contributed by atoms with Gasteiger partial charge in [0.25, 0.3) is 0 Å². The van der Waals surface area contributed by atoms with E-state index in [1.807, 2.05) is 25.1 Å². The fourth-order valence-electron chi connectivity index (χ4n) is 2.22. The van der Waals surface area contributed by atoms with Gasteiger partial charge in [-0.1, -0.05) is 0 Å². The van der Waals surface area contributed by atoms with Gasteiger partial charge in [0, 0.05) is 51.7 Å². The first-order valence-electron chi connectivity index (χ1n) is 7.32. The second kappa shape index (κ2) is 7.90. The third-order valence-corrected chi connectivity index (χ3v) is 3.48. The number of carbonyl (C=O) groups is 1. The van der Waals surface area contributed by atoms with Gasteiger partial charge in [-0.3, -0.25) is 4.79 Å². The second-order valence-electron chi connectivity index (χ2n) is 5.40. The Hall–Kier alpha value is -1.73. The van der Waals surface area contributed by atoms with E-state index < -0.39 is 0 Å². The van der Waals surface area contributed by atoms with E-state index in [9.17, 15) is 4.79 Å². The number of rotatable bonds is 6. The van der Waals surface area contributed by atoms with Crippen LogP contribution in [0.3, 0.4) is 0 Å². The van der Waals surface area contributed by atoms with E-state index in [-0.39, 0.29) is 5.91 Å². The minimum atomic E-state index is 0.169. The van der Waals surface area contributed by atoms with Crippen LogP contribution in [0.25, 0.3) is 0 Å². The average molecular weight is 292 g/mol.